The Labute approximate surface area is 170 Å². The van der Waals surface area contributed by atoms with Crippen molar-refractivity contribution in [3.63, 3.8) is 0 Å². The van der Waals surface area contributed by atoms with Crippen LogP contribution in [0.3, 0.4) is 0 Å². The molecule has 0 aliphatic rings. The van der Waals surface area contributed by atoms with Crippen LogP contribution in [0.1, 0.15) is 27.4 Å². The number of H-pyrrole nitrogens is 1. The maximum absolute atomic E-state index is 12.3. The summed E-state index contributed by atoms with van der Waals surface area (Å²) in [6.07, 6.45) is 4.31. The number of rotatable bonds is 6. The van der Waals surface area contributed by atoms with Gasteiger partial charge in [-0.25, -0.2) is 4.98 Å². The first-order chi connectivity index (χ1) is 14.1. The minimum atomic E-state index is -0.395. The third-order valence-electron chi connectivity index (χ3n) is 5.47. The molecule has 0 atom stereocenters. The summed E-state index contributed by atoms with van der Waals surface area (Å²) in [6, 6.07) is 18.6. The lowest BCUT2D eigenvalue weighted by Crippen LogP contribution is -2.14. The zero-order valence-corrected chi connectivity index (χ0v) is 16.6. The number of benzene rings is 2. The van der Waals surface area contributed by atoms with Gasteiger partial charge in [0.15, 0.2) is 0 Å². The molecule has 0 aliphatic heterocycles. The molecule has 0 unspecified atom stereocenters. The number of amides is 1. The number of hydrogen-bond acceptors (Lipinski definition) is 2. The number of aromatic nitrogens is 3. The molecule has 4 aromatic rings. The summed E-state index contributed by atoms with van der Waals surface area (Å²) in [5, 5.41) is 0. The summed E-state index contributed by atoms with van der Waals surface area (Å²) < 4.78 is 2.17. The molecule has 2 aromatic carbocycles. The fourth-order valence-electron chi connectivity index (χ4n) is 3.99. The second-order valence-corrected chi connectivity index (χ2v) is 7.21. The number of aryl methyl sites for hydroxylation is 1. The van der Waals surface area contributed by atoms with E-state index in [1.54, 1.807) is 6.33 Å². The van der Waals surface area contributed by atoms with E-state index >= 15 is 0 Å². The molecule has 0 radical (unpaired) electrons. The largest absolute Gasteiger partial charge is 0.366 e. The van der Waals surface area contributed by atoms with Crippen molar-refractivity contribution in [2.45, 2.75) is 26.8 Å². The van der Waals surface area contributed by atoms with Gasteiger partial charge in [-0.1, -0.05) is 54.6 Å². The third kappa shape index (κ3) is 3.59. The normalized spacial score (nSPS) is 11.0. The van der Waals surface area contributed by atoms with Gasteiger partial charge in [0, 0.05) is 41.8 Å². The Kier molecular flexibility index (Phi) is 5.04. The number of imidazole rings is 1. The van der Waals surface area contributed by atoms with Gasteiger partial charge in [0.1, 0.15) is 0 Å². The summed E-state index contributed by atoms with van der Waals surface area (Å²) in [5.41, 5.74) is 13.6. The van der Waals surface area contributed by atoms with Crippen molar-refractivity contribution in [3.05, 3.63) is 89.8 Å². The second kappa shape index (κ2) is 7.80. The molecule has 4 rings (SSSR count). The number of hydrogen-bond donors (Lipinski definition) is 2. The van der Waals surface area contributed by atoms with E-state index in [1.165, 1.54) is 5.56 Å². The predicted octanol–water partition coefficient (Wildman–Crippen LogP) is 4.50. The fourth-order valence-corrected chi connectivity index (χ4v) is 3.99. The lowest BCUT2D eigenvalue weighted by molar-refractivity contribution is 0.1000. The van der Waals surface area contributed by atoms with Crippen LogP contribution in [0.5, 0.6) is 0 Å². The van der Waals surface area contributed by atoms with Crippen molar-refractivity contribution in [2.24, 2.45) is 5.73 Å². The lowest BCUT2D eigenvalue weighted by atomic mass is 9.97. The van der Waals surface area contributed by atoms with Gasteiger partial charge < -0.3 is 15.3 Å². The fraction of sp³-hybridized carbons (Fsp3) is 0.167. The van der Waals surface area contributed by atoms with E-state index in [9.17, 15) is 4.79 Å². The maximum Gasteiger partial charge on any atom is 0.251 e. The van der Waals surface area contributed by atoms with Gasteiger partial charge in [0.05, 0.1) is 11.9 Å². The van der Waals surface area contributed by atoms with Crippen LogP contribution in [-0.4, -0.2) is 20.4 Å². The standard InChI is InChI=1S/C24H24N4O/c1-16-22(20-10-8-19(9-11-20)18-6-4-3-5-7-18)23(24(25)29)17(2)28(16)13-12-21-14-26-15-27-21/h3-11,14-15H,12-13H2,1-2H3,(H2,25,29)(H,26,27). The molecule has 2 aromatic heterocycles. The van der Waals surface area contributed by atoms with Crippen LogP contribution in [0.25, 0.3) is 22.3 Å². The van der Waals surface area contributed by atoms with Crippen molar-refractivity contribution in [1.82, 2.24) is 14.5 Å². The first-order valence-electron chi connectivity index (χ1n) is 9.69. The van der Waals surface area contributed by atoms with Gasteiger partial charge in [-0.05, 0) is 30.5 Å². The molecule has 3 N–H and O–H groups in total. The zero-order chi connectivity index (χ0) is 20.4. The van der Waals surface area contributed by atoms with Crippen molar-refractivity contribution < 1.29 is 4.79 Å². The number of nitrogens with one attached hydrogen (secondary N) is 1. The van der Waals surface area contributed by atoms with Gasteiger partial charge in [0.25, 0.3) is 5.91 Å². The number of carbonyl (C=O) groups is 1. The first kappa shape index (κ1) is 18.7. The highest BCUT2D eigenvalue weighted by atomic mass is 16.1. The Morgan fingerprint density at radius 3 is 2.24 bits per heavy atom. The third-order valence-corrected chi connectivity index (χ3v) is 5.47. The molecule has 29 heavy (non-hydrogen) atoms. The van der Waals surface area contributed by atoms with Crippen LogP contribution in [0.15, 0.2) is 67.1 Å². The molecule has 0 spiro atoms. The minimum Gasteiger partial charge on any atom is -0.366 e. The van der Waals surface area contributed by atoms with Crippen LogP contribution in [0, 0.1) is 13.8 Å². The van der Waals surface area contributed by atoms with Gasteiger partial charge in [0.2, 0.25) is 0 Å². The summed E-state index contributed by atoms with van der Waals surface area (Å²) >= 11 is 0. The van der Waals surface area contributed by atoms with Crippen LogP contribution in [-0.2, 0) is 13.0 Å². The van der Waals surface area contributed by atoms with E-state index in [1.807, 2.05) is 38.2 Å². The van der Waals surface area contributed by atoms with E-state index in [4.69, 9.17) is 5.73 Å². The van der Waals surface area contributed by atoms with Crippen molar-refractivity contribution >= 4 is 5.91 Å². The Balaban J connectivity index is 1.72. The molecular formula is C24H24N4O. The summed E-state index contributed by atoms with van der Waals surface area (Å²) in [7, 11) is 0. The smallest absolute Gasteiger partial charge is 0.251 e. The van der Waals surface area contributed by atoms with Crippen molar-refractivity contribution in [3.8, 4) is 22.3 Å². The Morgan fingerprint density at radius 2 is 1.62 bits per heavy atom. The van der Waals surface area contributed by atoms with Crippen LogP contribution in [0.4, 0.5) is 0 Å². The quantitative estimate of drug-likeness (QED) is 0.513. The molecule has 0 saturated heterocycles. The van der Waals surface area contributed by atoms with Crippen LogP contribution >= 0.6 is 0 Å². The zero-order valence-electron chi connectivity index (χ0n) is 16.6. The average Bonchev–Trinajstić information content (AvgIpc) is 3.33. The molecule has 5 nitrogen and oxygen atoms in total. The van der Waals surface area contributed by atoms with Gasteiger partial charge in [-0.15, -0.1) is 0 Å². The predicted molar refractivity (Wildman–Crippen MR) is 116 cm³/mol. The molecule has 0 saturated carbocycles. The first-order valence-corrected chi connectivity index (χ1v) is 9.69. The Hall–Kier alpha value is -3.60. The van der Waals surface area contributed by atoms with Gasteiger partial charge in [-0.2, -0.15) is 0 Å². The molecule has 0 fully saturated rings. The summed E-state index contributed by atoms with van der Waals surface area (Å²) in [6.45, 7) is 4.76. The summed E-state index contributed by atoms with van der Waals surface area (Å²) in [5.74, 6) is -0.395. The van der Waals surface area contributed by atoms with E-state index in [2.05, 4.69) is 50.9 Å². The topological polar surface area (TPSA) is 76.7 Å². The molecule has 1 amide bonds. The number of nitrogens with zero attached hydrogens (tertiary/aromatic N) is 2. The number of carbonyl (C=O) groups excluding carboxylic acids is 1. The average molecular weight is 384 g/mol. The molecular weight excluding hydrogens is 360 g/mol. The highest BCUT2D eigenvalue weighted by Gasteiger charge is 2.22. The van der Waals surface area contributed by atoms with E-state index in [0.717, 1.165) is 46.7 Å². The number of nitrogens with two attached hydrogens (primary N) is 1. The van der Waals surface area contributed by atoms with Crippen molar-refractivity contribution in [1.29, 1.82) is 0 Å². The molecule has 146 valence electrons. The Morgan fingerprint density at radius 1 is 0.966 bits per heavy atom. The summed E-state index contributed by atoms with van der Waals surface area (Å²) in [4.78, 5) is 19.5. The van der Waals surface area contributed by atoms with Crippen LogP contribution < -0.4 is 5.73 Å². The molecule has 0 aliphatic carbocycles. The Bertz CT molecular complexity index is 1120. The highest BCUT2D eigenvalue weighted by molar-refractivity contribution is 6.02. The minimum absolute atomic E-state index is 0.395. The van der Waals surface area contributed by atoms with E-state index in [0.29, 0.717) is 5.56 Å². The van der Waals surface area contributed by atoms with Crippen LogP contribution in [0.2, 0.25) is 0 Å². The SMILES string of the molecule is Cc1c(C(N)=O)c(-c2ccc(-c3ccccc3)cc2)c(C)n1CCc1cnc[nH]1. The molecule has 0 bridgehead atoms. The number of aromatic amines is 1. The monoisotopic (exact) mass is 384 g/mol. The molecule has 2 heterocycles. The second-order valence-electron chi connectivity index (χ2n) is 7.21. The van der Waals surface area contributed by atoms with Gasteiger partial charge in [-0.3, -0.25) is 4.79 Å². The van der Waals surface area contributed by atoms with E-state index < -0.39 is 5.91 Å². The van der Waals surface area contributed by atoms with Gasteiger partial charge >= 0.3 is 0 Å². The van der Waals surface area contributed by atoms with E-state index in [-0.39, 0.29) is 0 Å². The highest BCUT2D eigenvalue weighted by Crippen LogP contribution is 2.33. The molecule has 5 heteroatoms. The maximum atomic E-state index is 12.3. The van der Waals surface area contributed by atoms with Crippen molar-refractivity contribution in [2.75, 3.05) is 0 Å². The number of primary amides is 1. The lowest BCUT2D eigenvalue weighted by Gasteiger charge is -2.09.